The van der Waals surface area contributed by atoms with Gasteiger partial charge in [-0.05, 0) is 105 Å². The van der Waals surface area contributed by atoms with Crippen molar-refractivity contribution in [3.8, 4) is 33.4 Å². The highest BCUT2D eigenvalue weighted by Gasteiger charge is 2.17. The van der Waals surface area contributed by atoms with Crippen molar-refractivity contribution < 1.29 is 8.83 Å². The van der Waals surface area contributed by atoms with Gasteiger partial charge in [-0.2, -0.15) is 0 Å². The quantitative estimate of drug-likeness (QED) is 0.173. The molecule has 3 heteroatoms. The van der Waals surface area contributed by atoms with Gasteiger partial charge in [0.1, 0.15) is 22.3 Å². The average Bonchev–Trinajstić information content (AvgIpc) is 3.82. The molecule has 3 nitrogen and oxygen atoms in total. The Kier molecular flexibility index (Phi) is 7.17. The molecule has 11 rings (SSSR count). The Morgan fingerprint density at radius 1 is 0.291 bits per heavy atom. The first-order valence-electron chi connectivity index (χ1n) is 18.7. The number of hydrogen-bond donors (Lipinski definition) is 0. The number of benzene rings is 9. The van der Waals surface area contributed by atoms with Gasteiger partial charge in [0.15, 0.2) is 0 Å². The second kappa shape index (κ2) is 12.6. The minimum atomic E-state index is 0.880. The molecule has 0 unspecified atom stereocenters. The number of furan rings is 2. The van der Waals surface area contributed by atoms with E-state index >= 15 is 0 Å². The zero-order valence-electron chi connectivity index (χ0n) is 29.8. The first-order chi connectivity index (χ1) is 27.2. The number of hydrogen-bond acceptors (Lipinski definition) is 3. The Labute approximate surface area is 317 Å². The molecule has 2 aromatic heterocycles. The van der Waals surface area contributed by atoms with Crippen LogP contribution in [0.2, 0.25) is 0 Å². The molecule has 11 aromatic rings. The molecule has 0 radical (unpaired) electrons. The number of nitrogens with zero attached hydrogens (tertiary/aromatic N) is 1. The summed E-state index contributed by atoms with van der Waals surface area (Å²) in [6.07, 6.45) is 0. The number of rotatable bonds is 6. The van der Waals surface area contributed by atoms with E-state index in [0.717, 1.165) is 83.2 Å². The second-order valence-corrected chi connectivity index (χ2v) is 14.1. The van der Waals surface area contributed by atoms with E-state index < -0.39 is 0 Å². The highest BCUT2D eigenvalue weighted by molar-refractivity contribution is 6.11. The lowest BCUT2D eigenvalue weighted by Gasteiger charge is -2.26. The van der Waals surface area contributed by atoms with Gasteiger partial charge >= 0.3 is 0 Å². The third kappa shape index (κ3) is 5.36. The molecule has 0 N–H and O–H groups in total. The molecule has 0 aliphatic rings. The van der Waals surface area contributed by atoms with Gasteiger partial charge in [-0.3, -0.25) is 0 Å². The van der Waals surface area contributed by atoms with Crippen LogP contribution in [0, 0.1) is 0 Å². The predicted octanol–water partition coefficient (Wildman–Crippen LogP) is 15.1. The van der Waals surface area contributed by atoms with E-state index in [1.54, 1.807) is 0 Å². The van der Waals surface area contributed by atoms with Gasteiger partial charge in [0.2, 0.25) is 0 Å². The molecule has 0 spiro atoms. The molecule has 0 aliphatic heterocycles. The Bertz CT molecular complexity index is 3190. The van der Waals surface area contributed by atoms with Crippen LogP contribution in [-0.4, -0.2) is 0 Å². The standard InChI is InChI=1S/C52H33NO2/c1-2-10-37(11-3-1)44-14-8-15-46-47-32-40(23-29-51(47)55-52(44)46)36-21-26-42(27-22-36)53(43-28-30-50-48(33-43)45-13-6-7-16-49(45)54-50)41-24-19-35(20-25-41)39-18-17-34-9-4-5-12-38(34)31-39/h1-33H. The number of fused-ring (bicyclic) bond motifs is 7. The zero-order chi connectivity index (χ0) is 36.3. The molecular formula is C52H33NO2. The van der Waals surface area contributed by atoms with Gasteiger partial charge in [0.25, 0.3) is 0 Å². The lowest BCUT2D eigenvalue weighted by molar-refractivity contribution is 0.669. The van der Waals surface area contributed by atoms with E-state index in [0.29, 0.717) is 0 Å². The fraction of sp³-hybridized carbons (Fsp3) is 0. The molecule has 258 valence electrons. The van der Waals surface area contributed by atoms with Gasteiger partial charge in [-0.15, -0.1) is 0 Å². The van der Waals surface area contributed by atoms with Crippen molar-refractivity contribution in [2.45, 2.75) is 0 Å². The van der Waals surface area contributed by atoms with Crippen LogP contribution < -0.4 is 4.90 Å². The average molecular weight is 704 g/mol. The van der Waals surface area contributed by atoms with Crippen LogP contribution in [0.5, 0.6) is 0 Å². The SMILES string of the molecule is c1ccc(-c2cccc3c2oc2ccc(-c4ccc(N(c5ccc(-c6ccc7ccccc7c6)cc5)c5ccc6oc7ccccc7c6c5)cc4)cc23)cc1. The molecule has 0 amide bonds. The first kappa shape index (κ1) is 31.2. The van der Waals surface area contributed by atoms with Crippen LogP contribution in [0.15, 0.2) is 209 Å². The lowest BCUT2D eigenvalue weighted by atomic mass is 9.99. The molecule has 0 bridgehead atoms. The van der Waals surface area contributed by atoms with Crippen molar-refractivity contribution in [1.82, 2.24) is 0 Å². The van der Waals surface area contributed by atoms with E-state index in [2.05, 4.69) is 187 Å². The highest BCUT2D eigenvalue weighted by atomic mass is 16.3. The minimum Gasteiger partial charge on any atom is -0.456 e. The third-order valence-electron chi connectivity index (χ3n) is 10.9. The van der Waals surface area contributed by atoms with E-state index in [-0.39, 0.29) is 0 Å². The monoisotopic (exact) mass is 703 g/mol. The molecule has 0 saturated heterocycles. The highest BCUT2D eigenvalue weighted by Crippen LogP contribution is 2.41. The summed E-state index contributed by atoms with van der Waals surface area (Å²) >= 11 is 0. The summed E-state index contributed by atoms with van der Waals surface area (Å²) in [7, 11) is 0. The molecule has 9 aromatic carbocycles. The van der Waals surface area contributed by atoms with Gasteiger partial charge < -0.3 is 13.7 Å². The molecule has 55 heavy (non-hydrogen) atoms. The largest absolute Gasteiger partial charge is 0.456 e. The van der Waals surface area contributed by atoms with Crippen molar-refractivity contribution in [2.24, 2.45) is 0 Å². The van der Waals surface area contributed by atoms with Crippen LogP contribution in [0.25, 0.3) is 88.0 Å². The first-order valence-corrected chi connectivity index (χ1v) is 18.7. The van der Waals surface area contributed by atoms with Crippen molar-refractivity contribution in [2.75, 3.05) is 4.90 Å². The van der Waals surface area contributed by atoms with E-state index in [4.69, 9.17) is 8.83 Å². The molecule has 2 heterocycles. The summed E-state index contributed by atoms with van der Waals surface area (Å²) in [6.45, 7) is 0. The van der Waals surface area contributed by atoms with E-state index in [9.17, 15) is 0 Å². The van der Waals surface area contributed by atoms with Crippen molar-refractivity contribution in [1.29, 1.82) is 0 Å². The zero-order valence-corrected chi connectivity index (χ0v) is 29.8. The smallest absolute Gasteiger partial charge is 0.143 e. The van der Waals surface area contributed by atoms with Crippen LogP contribution in [0.1, 0.15) is 0 Å². The summed E-state index contributed by atoms with van der Waals surface area (Å²) < 4.78 is 12.7. The maximum atomic E-state index is 6.47. The molecule has 0 atom stereocenters. The summed E-state index contributed by atoms with van der Waals surface area (Å²) in [5.41, 5.74) is 13.7. The Morgan fingerprint density at radius 2 is 0.855 bits per heavy atom. The topological polar surface area (TPSA) is 29.5 Å². The Balaban J connectivity index is 0.992. The predicted molar refractivity (Wildman–Crippen MR) is 229 cm³/mol. The lowest BCUT2D eigenvalue weighted by Crippen LogP contribution is -2.09. The summed E-state index contributed by atoms with van der Waals surface area (Å²) in [6, 6.07) is 71.0. The summed E-state index contributed by atoms with van der Waals surface area (Å²) in [4.78, 5) is 2.33. The number of anilines is 3. The maximum Gasteiger partial charge on any atom is 0.143 e. The van der Waals surface area contributed by atoms with Crippen molar-refractivity contribution in [3.63, 3.8) is 0 Å². The summed E-state index contributed by atoms with van der Waals surface area (Å²) in [5, 5.41) is 6.93. The van der Waals surface area contributed by atoms with Gasteiger partial charge in [-0.1, -0.05) is 133 Å². The number of para-hydroxylation sites is 2. The van der Waals surface area contributed by atoms with Crippen molar-refractivity contribution >= 4 is 71.7 Å². The minimum absolute atomic E-state index is 0.880. The van der Waals surface area contributed by atoms with Crippen LogP contribution >= 0.6 is 0 Å². The third-order valence-corrected chi connectivity index (χ3v) is 10.9. The maximum absolute atomic E-state index is 6.47. The fourth-order valence-electron chi connectivity index (χ4n) is 8.10. The fourth-order valence-corrected chi connectivity index (χ4v) is 8.10. The van der Waals surface area contributed by atoms with Gasteiger partial charge in [0, 0.05) is 44.2 Å². The Morgan fingerprint density at radius 3 is 1.65 bits per heavy atom. The molecule has 0 aliphatic carbocycles. The van der Waals surface area contributed by atoms with Gasteiger partial charge in [0.05, 0.1) is 0 Å². The van der Waals surface area contributed by atoms with Crippen LogP contribution in [0.3, 0.4) is 0 Å². The molecule has 0 saturated carbocycles. The van der Waals surface area contributed by atoms with E-state index in [1.165, 1.54) is 21.9 Å². The van der Waals surface area contributed by atoms with Crippen LogP contribution in [0.4, 0.5) is 17.1 Å². The van der Waals surface area contributed by atoms with Crippen molar-refractivity contribution in [3.05, 3.63) is 200 Å². The second-order valence-electron chi connectivity index (χ2n) is 14.1. The summed E-state index contributed by atoms with van der Waals surface area (Å²) in [5.74, 6) is 0. The van der Waals surface area contributed by atoms with Crippen LogP contribution in [-0.2, 0) is 0 Å². The normalized spacial score (nSPS) is 11.6. The Hall–Kier alpha value is -7.36. The van der Waals surface area contributed by atoms with Gasteiger partial charge in [-0.25, -0.2) is 0 Å². The van der Waals surface area contributed by atoms with E-state index in [1.807, 2.05) is 18.2 Å². The molecular weight excluding hydrogens is 671 g/mol. The molecule has 0 fully saturated rings.